The summed E-state index contributed by atoms with van der Waals surface area (Å²) in [5.41, 5.74) is 0.869. The minimum atomic E-state index is -0.163. The Labute approximate surface area is 79.1 Å². The maximum Gasteiger partial charge on any atom is 0.138 e. The Morgan fingerprint density at radius 3 is 2.91 bits per heavy atom. The van der Waals surface area contributed by atoms with E-state index in [2.05, 4.69) is 5.32 Å². The lowest BCUT2D eigenvalue weighted by molar-refractivity contribution is 0.621. The van der Waals surface area contributed by atoms with Crippen molar-refractivity contribution in [3.05, 3.63) is 27.6 Å². The fraction of sp³-hybridized carbons (Fsp3) is 0.250. The van der Waals surface area contributed by atoms with Crippen molar-refractivity contribution in [2.45, 2.75) is 6.92 Å². The largest absolute Gasteiger partial charge is 0.384 e. The Morgan fingerprint density at radius 2 is 2.27 bits per heavy atom. The Kier molecular flexibility index (Phi) is 3.11. The van der Waals surface area contributed by atoms with Crippen molar-refractivity contribution in [2.24, 2.45) is 0 Å². The average molecular weight is 265 g/mol. The quantitative estimate of drug-likeness (QED) is 0.811. The molecule has 0 spiro atoms. The monoisotopic (exact) mass is 265 g/mol. The standard InChI is InChI=1S/C8H9FIN/c1-2-11-7-5-3-4-6(9)8(7)10/h3-5,11H,2H2,1H3. The van der Waals surface area contributed by atoms with Crippen molar-refractivity contribution in [1.82, 2.24) is 0 Å². The fourth-order valence-electron chi connectivity index (χ4n) is 0.831. The number of hydrogen-bond donors (Lipinski definition) is 1. The SMILES string of the molecule is CCNc1cccc(F)c1I. The van der Waals surface area contributed by atoms with E-state index in [0.717, 1.165) is 12.2 Å². The van der Waals surface area contributed by atoms with E-state index < -0.39 is 0 Å². The lowest BCUT2D eigenvalue weighted by Gasteiger charge is -2.05. The van der Waals surface area contributed by atoms with Crippen LogP contribution in [0.1, 0.15) is 6.92 Å². The van der Waals surface area contributed by atoms with Gasteiger partial charge < -0.3 is 5.32 Å². The van der Waals surface area contributed by atoms with Crippen LogP contribution >= 0.6 is 22.6 Å². The second-order valence-electron chi connectivity index (χ2n) is 2.13. The summed E-state index contributed by atoms with van der Waals surface area (Å²) in [5, 5.41) is 3.07. The number of halogens is 2. The molecule has 0 unspecified atom stereocenters. The van der Waals surface area contributed by atoms with E-state index in [1.54, 1.807) is 6.07 Å². The highest BCUT2D eigenvalue weighted by molar-refractivity contribution is 14.1. The van der Waals surface area contributed by atoms with Gasteiger partial charge in [0.2, 0.25) is 0 Å². The molecular formula is C8H9FIN. The van der Waals surface area contributed by atoms with Crippen LogP contribution in [0.15, 0.2) is 18.2 Å². The predicted molar refractivity (Wildman–Crippen MR) is 53.3 cm³/mol. The summed E-state index contributed by atoms with van der Waals surface area (Å²) in [4.78, 5) is 0. The van der Waals surface area contributed by atoms with Gasteiger partial charge in [-0.3, -0.25) is 0 Å². The zero-order valence-electron chi connectivity index (χ0n) is 6.20. The van der Waals surface area contributed by atoms with Crippen molar-refractivity contribution < 1.29 is 4.39 Å². The minimum Gasteiger partial charge on any atom is -0.384 e. The molecule has 0 aliphatic rings. The van der Waals surface area contributed by atoms with Crippen molar-refractivity contribution in [2.75, 3.05) is 11.9 Å². The van der Waals surface area contributed by atoms with Crippen LogP contribution in [0.4, 0.5) is 10.1 Å². The van der Waals surface area contributed by atoms with Crippen LogP contribution in [0.2, 0.25) is 0 Å². The molecule has 1 nitrogen and oxygen atoms in total. The van der Waals surface area contributed by atoms with Crippen LogP contribution in [0.5, 0.6) is 0 Å². The van der Waals surface area contributed by atoms with E-state index in [-0.39, 0.29) is 5.82 Å². The van der Waals surface area contributed by atoms with Gasteiger partial charge >= 0.3 is 0 Å². The smallest absolute Gasteiger partial charge is 0.138 e. The van der Waals surface area contributed by atoms with E-state index >= 15 is 0 Å². The van der Waals surface area contributed by atoms with E-state index in [4.69, 9.17) is 0 Å². The van der Waals surface area contributed by atoms with Gasteiger partial charge in [-0.05, 0) is 41.6 Å². The molecule has 0 amide bonds. The van der Waals surface area contributed by atoms with Gasteiger partial charge in [-0.25, -0.2) is 4.39 Å². The summed E-state index contributed by atoms with van der Waals surface area (Å²) in [7, 11) is 0. The molecule has 0 saturated heterocycles. The first kappa shape index (κ1) is 8.77. The average Bonchev–Trinajstić information content (AvgIpc) is 1.99. The summed E-state index contributed by atoms with van der Waals surface area (Å²) < 4.78 is 13.5. The molecule has 0 aliphatic heterocycles. The van der Waals surface area contributed by atoms with Crippen LogP contribution in [0.25, 0.3) is 0 Å². The van der Waals surface area contributed by atoms with Gasteiger partial charge in [0.15, 0.2) is 0 Å². The van der Waals surface area contributed by atoms with Crippen LogP contribution in [-0.2, 0) is 0 Å². The third-order valence-electron chi connectivity index (χ3n) is 1.32. The summed E-state index contributed by atoms with van der Waals surface area (Å²) in [6, 6.07) is 5.03. The second kappa shape index (κ2) is 3.90. The van der Waals surface area contributed by atoms with Crippen molar-refractivity contribution >= 4 is 28.3 Å². The second-order valence-corrected chi connectivity index (χ2v) is 3.21. The molecule has 11 heavy (non-hydrogen) atoms. The first-order valence-electron chi connectivity index (χ1n) is 3.43. The summed E-state index contributed by atoms with van der Waals surface area (Å²) in [6.07, 6.45) is 0. The zero-order valence-corrected chi connectivity index (χ0v) is 8.35. The molecule has 0 radical (unpaired) electrons. The lowest BCUT2D eigenvalue weighted by Crippen LogP contribution is -1.99. The van der Waals surface area contributed by atoms with Gasteiger partial charge in [0, 0.05) is 6.54 Å². The lowest BCUT2D eigenvalue weighted by atomic mass is 10.3. The molecular weight excluding hydrogens is 256 g/mol. The molecule has 1 rings (SSSR count). The first-order valence-corrected chi connectivity index (χ1v) is 4.51. The first-order chi connectivity index (χ1) is 5.25. The summed E-state index contributed by atoms with van der Waals surface area (Å²) in [6.45, 7) is 2.81. The molecule has 0 atom stereocenters. The molecule has 0 bridgehead atoms. The van der Waals surface area contributed by atoms with Gasteiger partial charge in [0.05, 0.1) is 9.26 Å². The summed E-state index contributed by atoms with van der Waals surface area (Å²) >= 11 is 1.99. The molecule has 1 N–H and O–H groups in total. The van der Waals surface area contributed by atoms with Crippen molar-refractivity contribution in [3.63, 3.8) is 0 Å². The maximum absolute atomic E-state index is 12.9. The Balaban J connectivity index is 2.96. The molecule has 0 aliphatic carbocycles. The molecule has 1 aromatic carbocycles. The minimum absolute atomic E-state index is 0.163. The normalized spacial score (nSPS) is 9.73. The third kappa shape index (κ3) is 2.05. The van der Waals surface area contributed by atoms with Gasteiger partial charge in [0.1, 0.15) is 5.82 Å². The number of rotatable bonds is 2. The Bertz CT molecular complexity index is 250. The Morgan fingerprint density at radius 1 is 1.55 bits per heavy atom. The van der Waals surface area contributed by atoms with Crippen molar-refractivity contribution in [3.8, 4) is 0 Å². The highest BCUT2D eigenvalue weighted by Crippen LogP contribution is 2.20. The van der Waals surface area contributed by atoms with Gasteiger partial charge in [-0.15, -0.1) is 0 Å². The summed E-state index contributed by atoms with van der Waals surface area (Å²) in [5.74, 6) is -0.163. The van der Waals surface area contributed by atoms with Gasteiger partial charge in [0.25, 0.3) is 0 Å². The highest BCUT2D eigenvalue weighted by Gasteiger charge is 2.01. The van der Waals surface area contributed by atoms with E-state index in [9.17, 15) is 4.39 Å². The molecule has 3 heteroatoms. The van der Waals surface area contributed by atoms with Gasteiger partial charge in [-0.2, -0.15) is 0 Å². The Hall–Kier alpha value is -0.320. The highest BCUT2D eigenvalue weighted by atomic mass is 127. The van der Waals surface area contributed by atoms with Crippen LogP contribution in [0, 0.1) is 9.39 Å². The predicted octanol–water partition coefficient (Wildman–Crippen LogP) is 2.86. The van der Waals surface area contributed by atoms with E-state index in [1.165, 1.54) is 6.07 Å². The number of nitrogens with one attached hydrogen (secondary N) is 1. The van der Waals surface area contributed by atoms with Crippen LogP contribution in [-0.4, -0.2) is 6.54 Å². The topological polar surface area (TPSA) is 12.0 Å². The third-order valence-corrected chi connectivity index (χ3v) is 2.42. The molecule has 60 valence electrons. The van der Waals surface area contributed by atoms with Gasteiger partial charge in [-0.1, -0.05) is 6.07 Å². The molecule has 1 aromatic rings. The number of anilines is 1. The molecule has 0 aromatic heterocycles. The van der Waals surface area contributed by atoms with Crippen LogP contribution in [0.3, 0.4) is 0 Å². The number of hydrogen-bond acceptors (Lipinski definition) is 1. The maximum atomic E-state index is 12.9. The van der Waals surface area contributed by atoms with Crippen LogP contribution < -0.4 is 5.32 Å². The zero-order chi connectivity index (χ0) is 8.27. The molecule has 0 saturated carbocycles. The van der Waals surface area contributed by atoms with E-state index in [0.29, 0.717) is 3.57 Å². The van der Waals surface area contributed by atoms with E-state index in [1.807, 2.05) is 35.6 Å². The molecule has 0 fully saturated rings. The number of benzene rings is 1. The van der Waals surface area contributed by atoms with Crippen molar-refractivity contribution in [1.29, 1.82) is 0 Å². The fourth-order valence-corrected chi connectivity index (χ4v) is 1.38. The molecule has 0 heterocycles.